The van der Waals surface area contributed by atoms with Gasteiger partial charge in [0.25, 0.3) is 0 Å². The smallest absolute Gasteiger partial charge is 0.346 e. The fourth-order valence-electron chi connectivity index (χ4n) is 0.950. The van der Waals surface area contributed by atoms with Crippen LogP contribution in [0.5, 0.6) is 10.8 Å². The van der Waals surface area contributed by atoms with Crippen LogP contribution in [0.2, 0.25) is 0 Å². The molecule has 1 aliphatic heterocycles. The molecule has 1 aliphatic rings. The van der Waals surface area contributed by atoms with Crippen LogP contribution in [0, 0.1) is 0 Å². The molecule has 0 bridgehead atoms. The van der Waals surface area contributed by atoms with E-state index in [1.165, 1.54) is 6.07 Å². The van der Waals surface area contributed by atoms with E-state index in [4.69, 9.17) is 14.6 Å². The fraction of sp³-hybridized carbons (Fsp3) is 0.286. The Morgan fingerprint density at radius 3 is 2.92 bits per heavy atom. The lowest BCUT2D eigenvalue weighted by atomic mass is 10.4. The molecule has 1 aromatic heterocycles. The maximum absolute atomic E-state index is 10.5. The van der Waals surface area contributed by atoms with Crippen LogP contribution < -0.4 is 9.47 Å². The minimum absolute atomic E-state index is 0.252. The standard InChI is InChI=1S/C7H6O4S/c8-6(9)5-3-4-7(12-5)11-2-1-10-4/h3H,1-2H2,(H,8,9). The molecule has 0 amide bonds. The van der Waals surface area contributed by atoms with Crippen LogP contribution in [-0.2, 0) is 0 Å². The van der Waals surface area contributed by atoms with Gasteiger partial charge in [-0.2, -0.15) is 0 Å². The first-order valence-electron chi connectivity index (χ1n) is 3.40. The van der Waals surface area contributed by atoms with E-state index >= 15 is 0 Å². The number of fused-ring (bicyclic) bond motifs is 1. The second kappa shape index (κ2) is 2.67. The molecule has 2 rings (SSSR count). The molecule has 0 saturated heterocycles. The predicted molar refractivity (Wildman–Crippen MR) is 42.3 cm³/mol. The maximum Gasteiger partial charge on any atom is 0.346 e. The van der Waals surface area contributed by atoms with Crippen LogP contribution in [0.15, 0.2) is 6.07 Å². The van der Waals surface area contributed by atoms with Crippen molar-refractivity contribution in [3.05, 3.63) is 10.9 Å². The van der Waals surface area contributed by atoms with Crippen LogP contribution in [0.4, 0.5) is 0 Å². The van der Waals surface area contributed by atoms with Gasteiger partial charge in [-0.25, -0.2) is 4.79 Å². The molecule has 0 spiro atoms. The van der Waals surface area contributed by atoms with E-state index in [1.54, 1.807) is 0 Å². The van der Waals surface area contributed by atoms with Crippen molar-refractivity contribution in [3.8, 4) is 10.8 Å². The highest BCUT2D eigenvalue weighted by Gasteiger charge is 2.18. The van der Waals surface area contributed by atoms with Crippen molar-refractivity contribution in [2.24, 2.45) is 0 Å². The molecule has 0 aliphatic carbocycles. The number of ether oxygens (including phenoxy) is 2. The Labute approximate surface area is 72.3 Å². The second-order valence-corrected chi connectivity index (χ2v) is 3.28. The van der Waals surface area contributed by atoms with Gasteiger partial charge in [0.15, 0.2) is 5.75 Å². The number of thiophene rings is 1. The molecule has 0 atom stereocenters. The summed E-state index contributed by atoms with van der Waals surface area (Å²) in [4.78, 5) is 10.8. The molecule has 0 radical (unpaired) electrons. The number of hydrogen-bond acceptors (Lipinski definition) is 4. The van der Waals surface area contributed by atoms with E-state index in [1.807, 2.05) is 0 Å². The molecule has 5 heteroatoms. The van der Waals surface area contributed by atoms with Crippen molar-refractivity contribution in [1.29, 1.82) is 0 Å². The summed E-state index contributed by atoms with van der Waals surface area (Å²) in [7, 11) is 0. The summed E-state index contributed by atoms with van der Waals surface area (Å²) in [5, 5.41) is 9.20. The van der Waals surface area contributed by atoms with E-state index < -0.39 is 5.97 Å². The molecule has 4 nitrogen and oxygen atoms in total. The molecule has 64 valence electrons. The van der Waals surface area contributed by atoms with Gasteiger partial charge in [-0.3, -0.25) is 0 Å². The lowest BCUT2D eigenvalue weighted by molar-refractivity contribution is 0.0702. The van der Waals surface area contributed by atoms with Gasteiger partial charge in [-0.1, -0.05) is 11.3 Å². The zero-order valence-electron chi connectivity index (χ0n) is 6.07. The van der Waals surface area contributed by atoms with Gasteiger partial charge in [-0.15, -0.1) is 0 Å². The van der Waals surface area contributed by atoms with E-state index in [0.717, 1.165) is 11.3 Å². The highest BCUT2D eigenvalue weighted by Crippen LogP contribution is 2.38. The van der Waals surface area contributed by atoms with Gasteiger partial charge in [0, 0.05) is 6.07 Å². The SMILES string of the molecule is O=C(O)c1cc2c(s1)OCCO2. The Hall–Kier alpha value is -1.23. The lowest BCUT2D eigenvalue weighted by Gasteiger charge is -2.12. The minimum atomic E-state index is -0.943. The largest absolute Gasteiger partial charge is 0.485 e. The van der Waals surface area contributed by atoms with Crippen LogP contribution in [0.25, 0.3) is 0 Å². The first-order chi connectivity index (χ1) is 5.77. The lowest BCUT2D eigenvalue weighted by Crippen LogP contribution is -2.13. The topological polar surface area (TPSA) is 55.8 Å². The molecule has 1 N–H and O–H groups in total. The molecular weight excluding hydrogens is 180 g/mol. The Morgan fingerprint density at radius 2 is 2.25 bits per heavy atom. The molecule has 2 heterocycles. The third-order valence-electron chi connectivity index (χ3n) is 1.45. The number of hydrogen-bond donors (Lipinski definition) is 1. The number of carboxylic acids is 1. The average Bonchev–Trinajstić information content (AvgIpc) is 2.46. The molecule has 1 aromatic rings. The molecule has 0 unspecified atom stereocenters. The summed E-state index contributed by atoms with van der Waals surface area (Å²) in [6.07, 6.45) is 0. The monoisotopic (exact) mass is 186 g/mol. The van der Waals surface area contributed by atoms with Crippen LogP contribution in [0.3, 0.4) is 0 Å². The first kappa shape index (κ1) is 7.42. The number of carbonyl (C=O) groups is 1. The van der Waals surface area contributed by atoms with Gasteiger partial charge in [-0.05, 0) is 0 Å². The van der Waals surface area contributed by atoms with Crippen LogP contribution in [0.1, 0.15) is 9.67 Å². The van der Waals surface area contributed by atoms with E-state index in [9.17, 15) is 4.79 Å². The van der Waals surface area contributed by atoms with Gasteiger partial charge >= 0.3 is 5.97 Å². The maximum atomic E-state index is 10.5. The van der Waals surface area contributed by atoms with Crippen molar-refractivity contribution in [3.63, 3.8) is 0 Å². The van der Waals surface area contributed by atoms with Gasteiger partial charge < -0.3 is 14.6 Å². The third-order valence-corrected chi connectivity index (χ3v) is 2.47. The highest BCUT2D eigenvalue weighted by molar-refractivity contribution is 7.16. The summed E-state index contributed by atoms with van der Waals surface area (Å²) in [6.45, 7) is 0.982. The average molecular weight is 186 g/mol. The van der Waals surface area contributed by atoms with Crippen LogP contribution in [-0.4, -0.2) is 24.3 Å². The van der Waals surface area contributed by atoms with Crippen molar-refractivity contribution in [2.45, 2.75) is 0 Å². The Morgan fingerprint density at radius 1 is 1.50 bits per heavy atom. The molecule has 0 aromatic carbocycles. The van der Waals surface area contributed by atoms with Crippen molar-refractivity contribution < 1.29 is 19.4 Å². The second-order valence-electron chi connectivity index (χ2n) is 2.26. The Balaban J connectivity index is 2.38. The van der Waals surface area contributed by atoms with E-state index in [0.29, 0.717) is 24.0 Å². The number of rotatable bonds is 1. The summed E-state index contributed by atoms with van der Waals surface area (Å²) in [6, 6.07) is 1.49. The Kier molecular flexibility index (Phi) is 1.65. The highest BCUT2D eigenvalue weighted by atomic mass is 32.1. The fourth-order valence-corrected chi connectivity index (χ4v) is 1.76. The third kappa shape index (κ3) is 1.12. The minimum Gasteiger partial charge on any atom is -0.485 e. The molecule has 0 fully saturated rings. The van der Waals surface area contributed by atoms with Crippen molar-refractivity contribution in [2.75, 3.05) is 13.2 Å². The normalized spacial score (nSPS) is 14.3. The van der Waals surface area contributed by atoms with Crippen LogP contribution >= 0.6 is 11.3 Å². The molecule has 0 saturated carbocycles. The number of carboxylic acid groups (broad SMARTS) is 1. The number of aromatic carboxylic acids is 1. The van der Waals surface area contributed by atoms with Crippen molar-refractivity contribution in [1.82, 2.24) is 0 Å². The summed E-state index contributed by atoms with van der Waals surface area (Å²) >= 11 is 1.10. The van der Waals surface area contributed by atoms with Gasteiger partial charge in [0.2, 0.25) is 5.06 Å². The van der Waals surface area contributed by atoms with E-state index in [2.05, 4.69) is 0 Å². The molecule has 12 heavy (non-hydrogen) atoms. The summed E-state index contributed by atoms with van der Waals surface area (Å²) in [5.74, 6) is -0.398. The molecular formula is C7H6O4S. The zero-order chi connectivity index (χ0) is 8.55. The van der Waals surface area contributed by atoms with Gasteiger partial charge in [0.1, 0.15) is 18.1 Å². The summed E-state index contributed by atoms with van der Waals surface area (Å²) < 4.78 is 10.4. The predicted octanol–water partition coefficient (Wildman–Crippen LogP) is 1.22. The van der Waals surface area contributed by atoms with Gasteiger partial charge in [0.05, 0.1) is 0 Å². The zero-order valence-corrected chi connectivity index (χ0v) is 6.89. The quantitative estimate of drug-likeness (QED) is 0.716. The van der Waals surface area contributed by atoms with Crippen molar-refractivity contribution >= 4 is 17.3 Å². The first-order valence-corrected chi connectivity index (χ1v) is 4.22. The van der Waals surface area contributed by atoms with E-state index in [-0.39, 0.29) is 4.88 Å². The summed E-state index contributed by atoms with van der Waals surface area (Å²) in [5.41, 5.74) is 0. The Bertz CT molecular complexity index is 294.